The Bertz CT molecular complexity index is 620. The number of aliphatic carboxylic acids is 3. The fraction of sp³-hybridized carbons (Fsp3) is 0.571. The number of carbonyl (C=O) groups excluding carboxylic acids is 3. The number of amides is 3. The van der Waals surface area contributed by atoms with Crippen LogP contribution in [0.15, 0.2) is 0 Å². The fourth-order valence-electron chi connectivity index (χ4n) is 1.72. The van der Waals surface area contributed by atoms with Gasteiger partial charge in [0.05, 0.1) is 18.9 Å². The summed E-state index contributed by atoms with van der Waals surface area (Å²) in [4.78, 5) is 68.4. The van der Waals surface area contributed by atoms with Gasteiger partial charge in [-0.1, -0.05) is 0 Å². The van der Waals surface area contributed by atoms with Crippen molar-refractivity contribution in [2.45, 2.75) is 50.9 Å². The first-order chi connectivity index (χ1) is 12.3. The molecule has 13 heteroatoms. The van der Waals surface area contributed by atoms with E-state index in [1.165, 1.54) is 6.92 Å². The van der Waals surface area contributed by atoms with Crippen molar-refractivity contribution in [3.8, 4) is 0 Å². The van der Waals surface area contributed by atoms with Crippen molar-refractivity contribution < 1.29 is 44.1 Å². The molecule has 27 heavy (non-hydrogen) atoms. The summed E-state index contributed by atoms with van der Waals surface area (Å²) in [6.07, 6.45) is -1.75. The van der Waals surface area contributed by atoms with Gasteiger partial charge in [0.25, 0.3) is 0 Å². The lowest BCUT2D eigenvalue weighted by Gasteiger charge is -2.22. The highest BCUT2D eigenvalue weighted by atomic mass is 16.4. The third-order valence-electron chi connectivity index (χ3n) is 3.17. The molecule has 0 aromatic heterocycles. The molecule has 0 saturated heterocycles. The summed E-state index contributed by atoms with van der Waals surface area (Å²) in [6, 6.07) is -5.73. The molecule has 3 amide bonds. The number of carboxylic acids is 3. The van der Waals surface area contributed by atoms with E-state index in [2.05, 4.69) is 5.32 Å². The average Bonchev–Trinajstić information content (AvgIpc) is 2.51. The Hall–Kier alpha value is -3.22. The lowest BCUT2D eigenvalue weighted by molar-refractivity contribution is -0.144. The first-order valence-corrected chi connectivity index (χ1v) is 7.68. The summed E-state index contributed by atoms with van der Waals surface area (Å²) >= 11 is 0. The van der Waals surface area contributed by atoms with E-state index >= 15 is 0 Å². The predicted molar refractivity (Wildman–Crippen MR) is 87.3 cm³/mol. The van der Waals surface area contributed by atoms with Crippen LogP contribution in [0.5, 0.6) is 0 Å². The maximum atomic E-state index is 12.2. The zero-order chi connectivity index (χ0) is 21.3. The third kappa shape index (κ3) is 9.15. The van der Waals surface area contributed by atoms with Gasteiger partial charge in [0.2, 0.25) is 17.7 Å². The molecule has 0 heterocycles. The SMILES string of the molecule is CC(N)C(=O)NC(CC(=O)O)C(=O)NC(CC(=O)O)C(=O)NC(C)C(=O)O. The molecule has 4 unspecified atom stereocenters. The van der Waals surface area contributed by atoms with Crippen molar-refractivity contribution >= 4 is 35.6 Å². The Balaban J connectivity index is 5.32. The van der Waals surface area contributed by atoms with Gasteiger partial charge in [-0.3, -0.25) is 28.8 Å². The van der Waals surface area contributed by atoms with Crippen LogP contribution in [0.4, 0.5) is 0 Å². The molecule has 0 fully saturated rings. The molecule has 0 aliphatic rings. The Morgan fingerprint density at radius 1 is 0.741 bits per heavy atom. The van der Waals surface area contributed by atoms with Gasteiger partial charge >= 0.3 is 17.9 Å². The minimum atomic E-state index is -1.69. The Morgan fingerprint density at radius 3 is 1.44 bits per heavy atom. The molecule has 13 nitrogen and oxygen atoms in total. The number of nitrogens with one attached hydrogen (secondary N) is 3. The highest BCUT2D eigenvalue weighted by Crippen LogP contribution is 2.00. The molecule has 152 valence electrons. The molecule has 0 spiro atoms. The van der Waals surface area contributed by atoms with Crippen LogP contribution in [-0.4, -0.2) is 75.1 Å². The van der Waals surface area contributed by atoms with E-state index in [0.717, 1.165) is 6.92 Å². The molecular weight excluding hydrogens is 368 g/mol. The first kappa shape index (κ1) is 23.8. The topological polar surface area (TPSA) is 225 Å². The molecule has 0 aromatic carbocycles. The highest BCUT2D eigenvalue weighted by molar-refractivity contribution is 5.96. The zero-order valence-corrected chi connectivity index (χ0v) is 14.6. The lowest BCUT2D eigenvalue weighted by atomic mass is 10.1. The molecule has 0 aliphatic heterocycles. The van der Waals surface area contributed by atoms with E-state index in [-0.39, 0.29) is 0 Å². The van der Waals surface area contributed by atoms with Crippen molar-refractivity contribution in [3.05, 3.63) is 0 Å². The number of carbonyl (C=O) groups is 6. The first-order valence-electron chi connectivity index (χ1n) is 7.68. The monoisotopic (exact) mass is 390 g/mol. The number of hydrogen-bond donors (Lipinski definition) is 7. The van der Waals surface area contributed by atoms with Gasteiger partial charge in [0.1, 0.15) is 18.1 Å². The summed E-state index contributed by atoms with van der Waals surface area (Å²) in [6.45, 7) is 2.41. The summed E-state index contributed by atoms with van der Waals surface area (Å²) in [5.41, 5.74) is 5.33. The largest absolute Gasteiger partial charge is 0.481 e. The van der Waals surface area contributed by atoms with Crippen LogP contribution >= 0.6 is 0 Å². The minimum Gasteiger partial charge on any atom is -0.481 e. The van der Waals surface area contributed by atoms with E-state index in [9.17, 15) is 28.8 Å². The summed E-state index contributed by atoms with van der Waals surface area (Å²) in [5, 5.41) is 32.5. The van der Waals surface area contributed by atoms with E-state index in [1.807, 2.05) is 10.6 Å². The second-order valence-corrected chi connectivity index (χ2v) is 5.68. The van der Waals surface area contributed by atoms with E-state index in [1.54, 1.807) is 0 Å². The smallest absolute Gasteiger partial charge is 0.325 e. The zero-order valence-electron chi connectivity index (χ0n) is 14.6. The van der Waals surface area contributed by atoms with Crippen LogP contribution in [0.25, 0.3) is 0 Å². The number of rotatable bonds is 11. The fourth-order valence-corrected chi connectivity index (χ4v) is 1.72. The number of nitrogens with two attached hydrogens (primary N) is 1. The molecule has 8 N–H and O–H groups in total. The van der Waals surface area contributed by atoms with Crippen molar-refractivity contribution in [1.29, 1.82) is 0 Å². The van der Waals surface area contributed by atoms with Gasteiger partial charge in [-0.05, 0) is 13.8 Å². The minimum absolute atomic E-state index is 0.838. The molecule has 0 aromatic rings. The lowest BCUT2D eigenvalue weighted by Crippen LogP contribution is -2.57. The summed E-state index contributed by atoms with van der Waals surface area (Å²) in [5.74, 6) is -7.40. The summed E-state index contributed by atoms with van der Waals surface area (Å²) < 4.78 is 0. The number of carboxylic acid groups (broad SMARTS) is 3. The molecule has 0 aliphatic carbocycles. The maximum absolute atomic E-state index is 12.2. The molecule has 4 atom stereocenters. The predicted octanol–water partition coefficient (Wildman–Crippen LogP) is -3.16. The third-order valence-corrected chi connectivity index (χ3v) is 3.17. The van der Waals surface area contributed by atoms with Gasteiger partial charge in [-0.15, -0.1) is 0 Å². The Kier molecular flexibility index (Phi) is 9.42. The van der Waals surface area contributed by atoms with E-state index in [0.29, 0.717) is 0 Å². The van der Waals surface area contributed by atoms with E-state index in [4.69, 9.17) is 21.1 Å². The molecule has 0 bridgehead atoms. The molecule has 0 saturated carbocycles. The Labute approximate surface area is 153 Å². The second-order valence-electron chi connectivity index (χ2n) is 5.68. The van der Waals surface area contributed by atoms with Crippen LogP contribution in [0.3, 0.4) is 0 Å². The summed E-state index contributed by atoms with van der Waals surface area (Å²) in [7, 11) is 0. The molecular formula is C14H22N4O9. The van der Waals surface area contributed by atoms with Crippen LogP contribution in [0.2, 0.25) is 0 Å². The van der Waals surface area contributed by atoms with Gasteiger partial charge in [0, 0.05) is 0 Å². The van der Waals surface area contributed by atoms with Gasteiger partial charge in [-0.25, -0.2) is 0 Å². The van der Waals surface area contributed by atoms with Crippen LogP contribution in [-0.2, 0) is 28.8 Å². The average molecular weight is 390 g/mol. The van der Waals surface area contributed by atoms with Gasteiger partial charge in [0.15, 0.2) is 0 Å². The second kappa shape index (κ2) is 10.7. The van der Waals surface area contributed by atoms with E-state index < -0.39 is 72.6 Å². The van der Waals surface area contributed by atoms with Gasteiger partial charge in [-0.2, -0.15) is 0 Å². The van der Waals surface area contributed by atoms with Crippen molar-refractivity contribution in [2.75, 3.05) is 0 Å². The van der Waals surface area contributed by atoms with Gasteiger partial charge < -0.3 is 37.0 Å². The quantitative estimate of drug-likeness (QED) is 0.187. The maximum Gasteiger partial charge on any atom is 0.325 e. The van der Waals surface area contributed by atoms with Crippen LogP contribution in [0, 0.1) is 0 Å². The normalized spacial score (nSPS) is 14.8. The highest BCUT2D eigenvalue weighted by Gasteiger charge is 2.31. The van der Waals surface area contributed by atoms with Crippen molar-refractivity contribution in [2.24, 2.45) is 5.73 Å². The van der Waals surface area contributed by atoms with Crippen LogP contribution in [0.1, 0.15) is 26.7 Å². The molecule has 0 radical (unpaired) electrons. The van der Waals surface area contributed by atoms with Crippen molar-refractivity contribution in [1.82, 2.24) is 16.0 Å². The molecule has 0 rings (SSSR count). The number of hydrogen-bond acceptors (Lipinski definition) is 7. The Morgan fingerprint density at radius 2 is 1.11 bits per heavy atom. The van der Waals surface area contributed by atoms with Crippen LogP contribution < -0.4 is 21.7 Å². The van der Waals surface area contributed by atoms with Crippen molar-refractivity contribution in [3.63, 3.8) is 0 Å². The standard InChI is InChI=1S/C14H22N4O9/c1-5(15)11(23)17-8(4-10(21)22)13(25)18-7(3-9(19)20)12(24)16-6(2)14(26)27/h5-8H,3-4,15H2,1-2H3,(H,16,24)(H,17,23)(H,18,25)(H,19,20)(H,21,22)(H,26,27).